The van der Waals surface area contributed by atoms with Crippen LogP contribution in [0.15, 0.2) is 18.2 Å². The lowest BCUT2D eigenvalue weighted by Gasteiger charge is -2.11. The molecule has 0 aliphatic rings. The van der Waals surface area contributed by atoms with Crippen LogP contribution in [0.1, 0.15) is 17.3 Å². The Morgan fingerprint density at radius 1 is 1.41 bits per heavy atom. The lowest BCUT2D eigenvalue weighted by Crippen LogP contribution is -2.26. The monoisotopic (exact) mass is 239 g/mol. The molecule has 1 rings (SSSR count). The Morgan fingerprint density at radius 3 is 2.53 bits per heavy atom. The maximum atomic E-state index is 11.5. The van der Waals surface area contributed by atoms with Crippen molar-refractivity contribution in [3.8, 4) is 5.75 Å². The first-order valence-electron chi connectivity index (χ1n) is 4.85. The topological polar surface area (TPSA) is 95.9 Å². The van der Waals surface area contributed by atoms with E-state index in [1.54, 1.807) is 6.92 Å². The first kappa shape index (κ1) is 13.0. The number of phenolic OH excluding ortho intramolecular Hbond substituents is 1. The molecule has 1 aromatic carbocycles. The van der Waals surface area contributed by atoms with Crippen molar-refractivity contribution in [3.05, 3.63) is 23.8 Å². The summed E-state index contributed by atoms with van der Waals surface area (Å²) < 4.78 is 4.80. The van der Waals surface area contributed by atoms with Gasteiger partial charge in [-0.05, 0) is 25.1 Å². The summed E-state index contributed by atoms with van der Waals surface area (Å²) in [5.74, 6) is -1.88. The Kier molecular flexibility index (Phi) is 4.06. The molecule has 0 saturated carbocycles. The van der Waals surface area contributed by atoms with Crippen molar-refractivity contribution in [1.29, 1.82) is 0 Å². The molecule has 92 valence electrons. The minimum Gasteiger partial charge on any atom is -0.506 e. The molecular weight excluding hydrogens is 226 g/mol. The van der Waals surface area contributed by atoms with E-state index in [1.165, 1.54) is 19.2 Å². The highest BCUT2D eigenvalue weighted by atomic mass is 16.5. The molecule has 0 bridgehead atoms. The number of carboxylic acid groups (broad SMARTS) is 1. The van der Waals surface area contributed by atoms with E-state index >= 15 is 0 Å². The van der Waals surface area contributed by atoms with Gasteiger partial charge < -0.3 is 20.3 Å². The Morgan fingerprint density at radius 2 is 2.06 bits per heavy atom. The molecule has 1 unspecified atom stereocenters. The number of carboxylic acids is 1. The van der Waals surface area contributed by atoms with Crippen molar-refractivity contribution in [2.24, 2.45) is 0 Å². The van der Waals surface area contributed by atoms with Crippen molar-refractivity contribution >= 4 is 17.6 Å². The summed E-state index contributed by atoms with van der Waals surface area (Å²) in [5, 5.41) is 20.6. The van der Waals surface area contributed by atoms with Gasteiger partial charge in [0.15, 0.2) is 0 Å². The van der Waals surface area contributed by atoms with E-state index in [0.29, 0.717) is 0 Å². The van der Waals surface area contributed by atoms with Gasteiger partial charge >= 0.3 is 5.97 Å². The molecule has 1 amide bonds. The van der Waals surface area contributed by atoms with Crippen LogP contribution in [0.5, 0.6) is 5.75 Å². The fourth-order valence-corrected chi connectivity index (χ4v) is 1.11. The molecule has 6 nitrogen and oxygen atoms in total. The summed E-state index contributed by atoms with van der Waals surface area (Å²) in [6.07, 6.45) is -0.659. The fraction of sp³-hybridized carbons (Fsp3) is 0.273. The number of hydrogen-bond acceptors (Lipinski definition) is 4. The first-order chi connectivity index (χ1) is 7.95. The van der Waals surface area contributed by atoms with Crippen molar-refractivity contribution in [1.82, 2.24) is 0 Å². The third kappa shape index (κ3) is 3.18. The molecule has 0 radical (unpaired) electrons. The summed E-state index contributed by atoms with van der Waals surface area (Å²) in [4.78, 5) is 22.1. The minimum atomic E-state index is -1.15. The molecule has 0 spiro atoms. The molecule has 0 aliphatic heterocycles. The number of benzene rings is 1. The number of methoxy groups -OCH3 is 1. The second kappa shape index (κ2) is 5.31. The number of hydrogen-bond donors (Lipinski definition) is 3. The number of nitrogens with one attached hydrogen (secondary N) is 1. The molecular formula is C11H13NO5. The number of carbonyl (C=O) groups excluding carboxylic acids is 1. The molecule has 0 fully saturated rings. The number of rotatable bonds is 4. The van der Waals surface area contributed by atoms with Crippen LogP contribution in [0.25, 0.3) is 0 Å². The van der Waals surface area contributed by atoms with Crippen LogP contribution in [0.2, 0.25) is 0 Å². The van der Waals surface area contributed by atoms with Crippen LogP contribution in [-0.2, 0) is 9.53 Å². The summed E-state index contributed by atoms with van der Waals surface area (Å²) in [7, 11) is 1.39. The van der Waals surface area contributed by atoms with Crippen LogP contribution in [0.3, 0.4) is 0 Å². The van der Waals surface area contributed by atoms with E-state index in [9.17, 15) is 14.7 Å². The fourth-order valence-electron chi connectivity index (χ4n) is 1.11. The molecule has 1 aromatic rings. The van der Waals surface area contributed by atoms with Crippen LogP contribution in [0, 0.1) is 0 Å². The number of carbonyl (C=O) groups is 2. The predicted molar refractivity (Wildman–Crippen MR) is 60.2 cm³/mol. The van der Waals surface area contributed by atoms with Gasteiger partial charge in [-0.15, -0.1) is 0 Å². The molecule has 0 saturated heterocycles. The lowest BCUT2D eigenvalue weighted by molar-refractivity contribution is -0.124. The van der Waals surface area contributed by atoms with Crippen molar-refractivity contribution < 1.29 is 24.5 Å². The highest BCUT2D eigenvalue weighted by Crippen LogP contribution is 2.24. The van der Waals surface area contributed by atoms with Gasteiger partial charge in [0.1, 0.15) is 11.9 Å². The number of ether oxygens (including phenoxy) is 1. The Labute approximate surface area is 97.8 Å². The normalized spacial score (nSPS) is 11.9. The zero-order valence-corrected chi connectivity index (χ0v) is 9.43. The molecule has 3 N–H and O–H groups in total. The standard InChI is InChI=1S/C11H13NO5/c1-6(17-2)10(14)12-8-4-3-7(11(15)16)5-9(8)13/h3-6,13H,1-2H3,(H,12,14)(H,15,16). The number of anilines is 1. The van der Waals surface area contributed by atoms with Crippen molar-refractivity contribution in [3.63, 3.8) is 0 Å². The summed E-state index contributed by atoms with van der Waals surface area (Å²) >= 11 is 0. The van der Waals surface area contributed by atoms with Gasteiger partial charge in [-0.1, -0.05) is 0 Å². The minimum absolute atomic E-state index is 0.0553. The van der Waals surface area contributed by atoms with Crippen LogP contribution in [0.4, 0.5) is 5.69 Å². The zero-order chi connectivity index (χ0) is 13.0. The van der Waals surface area contributed by atoms with E-state index in [1.807, 2.05) is 0 Å². The van der Waals surface area contributed by atoms with E-state index < -0.39 is 18.0 Å². The van der Waals surface area contributed by atoms with Crippen molar-refractivity contribution in [2.75, 3.05) is 12.4 Å². The first-order valence-corrected chi connectivity index (χ1v) is 4.85. The average molecular weight is 239 g/mol. The number of phenols is 1. The van der Waals surface area contributed by atoms with Crippen molar-refractivity contribution in [2.45, 2.75) is 13.0 Å². The number of amides is 1. The van der Waals surface area contributed by atoms with Crippen LogP contribution >= 0.6 is 0 Å². The molecule has 1 atom stereocenters. The molecule has 0 heterocycles. The maximum absolute atomic E-state index is 11.5. The van der Waals surface area contributed by atoms with E-state index in [2.05, 4.69) is 5.32 Å². The zero-order valence-electron chi connectivity index (χ0n) is 9.43. The molecule has 0 aliphatic carbocycles. The highest BCUT2D eigenvalue weighted by Gasteiger charge is 2.14. The van der Waals surface area contributed by atoms with Gasteiger partial charge in [0.2, 0.25) is 0 Å². The third-order valence-corrected chi connectivity index (χ3v) is 2.23. The van der Waals surface area contributed by atoms with E-state index in [4.69, 9.17) is 9.84 Å². The van der Waals surface area contributed by atoms with Gasteiger partial charge in [-0.25, -0.2) is 4.79 Å². The third-order valence-electron chi connectivity index (χ3n) is 2.23. The van der Waals surface area contributed by atoms with Crippen LogP contribution in [-0.4, -0.2) is 35.3 Å². The SMILES string of the molecule is COC(C)C(=O)Nc1ccc(C(=O)O)cc1O. The Bertz CT molecular complexity index is 443. The quantitative estimate of drug-likeness (QED) is 0.683. The van der Waals surface area contributed by atoms with Gasteiger partial charge in [-0.3, -0.25) is 4.79 Å². The second-order valence-corrected chi connectivity index (χ2v) is 3.40. The van der Waals surface area contributed by atoms with Gasteiger partial charge in [0.05, 0.1) is 11.3 Å². The largest absolute Gasteiger partial charge is 0.506 e. The summed E-state index contributed by atoms with van der Waals surface area (Å²) in [6, 6.07) is 3.67. The highest BCUT2D eigenvalue weighted by molar-refractivity contribution is 5.96. The maximum Gasteiger partial charge on any atom is 0.335 e. The average Bonchev–Trinajstić information content (AvgIpc) is 2.30. The van der Waals surface area contributed by atoms with Crippen LogP contribution < -0.4 is 5.32 Å². The van der Waals surface area contributed by atoms with Gasteiger partial charge in [0.25, 0.3) is 5.91 Å². The number of aromatic carboxylic acids is 1. The molecule has 17 heavy (non-hydrogen) atoms. The second-order valence-electron chi connectivity index (χ2n) is 3.40. The van der Waals surface area contributed by atoms with Gasteiger partial charge in [-0.2, -0.15) is 0 Å². The Balaban J connectivity index is 2.86. The Hall–Kier alpha value is -2.08. The van der Waals surface area contributed by atoms with E-state index in [-0.39, 0.29) is 17.0 Å². The van der Waals surface area contributed by atoms with E-state index in [0.717, 1.165) is 6.07 Å². The molecule has 0 aromatic heterocycles. The molecule has 6 heteroatoms. The predicted octanol–water partition coefficient (Wildman–Crippen LogP) is 1.06. The van der Waals surface area contributed by atoms with Gasteiger partial charge in [0, 0.05) is 7.11 Å². The lowest BCUT2D eigenvalue weighted by atomic mass is 10.2. The number of aromatic hydroxyl groups is 1. The summed E-state index contributed by atoms with van der Waals surface area (Å²) in [6.45, 7) is 1.55. The smallest absolute Gasteiger partial charge is 0.335 e. The summed E-state index contributed by atoms with van der Waals surface area (Å²) in [5.41, 5.74) is 0.0872.